The standard InChI is InChI=1S/C28H32N2O5/c1-26(2,3)35-25(33)30(18-19-9-5-4-6-10-19)15-13-28-20-11-7-8-12-22(20)29-23(31)21(28)17-27(28)14-16-34-24(27)32/h4-12,21H,13-18H2,1-3H3,(H,29,31)/t21-,27-,28+/m1/s1. The molecular weight excluding hydrogens is 444 g/mol. The van der Waals surface area contributed by atoms with Crippen LogP contribution < -0.4 is 5.32 Å². The van der Waals surface area contributed by atoms with Crippen molar-refractivity contribution in [3.8, 4) is 0 Å². The number of anilines is 1. The Bertz CT molecular complexity index is 1160. The van der Waals surface area contributed by atoms with Crippen LogP contribution in [0.2, 0.25) is 0 Å². The molecule has 5 rings (SSSR count). The summed E-state index contributed by atoms with van der Waals surface area (Å²) in [4.78, 5) is 41.3. The molecule has 184 valence electrons. The average Bonchev–Trinajstić information content (AvgIpc) is 3.20. The van der Waals surface area contributed by atoms with Crippen molar-refractivity contribution in [1.29, 1.82) is 0 Å². The summed E-state index contributed by atoms with van der Waals surface area (Å²) in [5, 5.41) is 3.02. The molecule has 2 fully saturated rings. The molecule has 3 atom stereocenters. The summed E-state index contributed by atoms with van der Waals surface area (Å²) in [7, 11) is 0. The summed E-state index contributed by atoms with van der Waals surface area (Å²) >= 11 is 0. The molecular formula is C28H32N2O5. The molecule has 1 spiro atoms. The number of carbonyl (C=O) groups excluding carboxylic acids is 3. The van der Waals surface area contributed by atoms with E-state index in [4.69, 9.17) is 9.47 Å². The molecule has 2 heterocycles. The van der Waals surface area contributed by atoms with E-state index in [2.05, 4.69) is 5.32 Å². The van der Waals surface area contributed by atoms with Crippen LogP contribution in [-0.2, 0) is 31.0 Å². The Balaban J connectivity index is 1.52. The number of amides is 2. The number of benzene rings is 2. The molecule has 7 nitrogen and oxygen atoms in total. The quantitative estimate of drug-likeness (QED) is 0.635. The van der Waals surface area contributed by atoms with E-state index in [1.54, 1.807) is 4.90 Å². The third-order valence-corrected chi connectivity index (χ3v) is 7.78. The van der Waals surface area contributed by atoms with Crippen LogP contribution in [0.15, 0.2) is 54.6 Å². The van der Waals surface area contributed by atoms with E-state index < -0.39 is 22.5 Å². The summed E-state index contributed by atoms with van der Waals surface area (Å²) in [6.45, 7) is 6.61. The number of rotatable bonds is 5. The Kier molecular flexibility index (Phi) is 5.61. The van der Waals surface area contributed by atoms with E-state index in [1.807, 2.05) is 75.4 Å². The van der Waals surface area contributed by atoms with Gasteiger partial charge in [-0.1, -0.05) is 48.5 Å². The summed E-state index contributed by atoms with van der Waals surface area (Å²) in [6, 6.07) is 17.5. The molecule has 2 amide bonds. The van der Waals surface area contributed by atoms with Crippen molar-refractivity contribution >= 4 is 23.7 Å². The molecule has 1 N–H and O–H groups in total. The summed E-state index contributed by atoms with van der Waals surface area (Å²) in [5.74, 6) is -0.647. The molecule has 7 heteroatoms. The van der Waals surface area contributed by atoms with Crippen molar-refractivity contribution in [3.63, 3.8) is 0 Å². The van der Waals surface area contributed by atoms with E-state index in [0.717, 1.165) is 16.8 Å². The fourth-order valence-corrected chi connectivity index (χ4v) is 6.24. The molecule has 1 saturated carbocycles. The van der Waals surface area contributed by atoms with Crippen molar-refractivity contribution in [3.05, 3.63) is 65.7 Å². The largest absolute Gasteiger partial charge is 0.465 e. The number of para-hydroxylation sites is 1. The van der Waals surface area contributed by atoms with Crippen molar-refractivity contribution in [1.82, 2.24) is 4.90 Å². The Morgan fingerprint density at radius 1 is 1.11 bits per heavy atom. The number of nitrogens with zero attached hydrogens (tertiary/aromatic N) is 1. The SMILES string of the molecule is CC(C)(C)OC(=O)N(CC[C@]12c3ccccc3NC(=O)[C@H]1C[C@@]21CCOC1=O)Cc1ccccc1. The van der Waals surface area contributed by atoms with Crippen LogP contribution in [0.25, 0.3) is 0 Å². The monoisotopic (exact) mass is 476 g/mol. The van der Waals surface area contributed by atoms with Gasteiger partial charge >= 0.3 is 12.1 Å². The van der Waals surface area contributed by atoms with Gasteiger partial charge in [0, 0.05) is 24.2 Å². The lowest BCUT2D eigenvalue weighted by Gasteiger charge is -2.63. The van der Waals surface area contributed by atoms with Gasteiger partial charge in [0.05, 0.1) is 17.9 Å². The van der Waals surface area contributed by atoms with Gasteiger partial charge in [0.25, 0.3) is 0 Å². The number of hydrogen-bond donors (Lipinski definition) is 1. The van der Waals surface area contributed by atoms with Crippen LogP contribution in [-0.4, -0.2) is 41.6 Å². The zero-order chi connectivity index (χ0) is 24.8. The van der Waals surface area contributed by atoms with Crippen molar-refractivity contribution in [2.45, 2.75) is 57.6 Å². The third-order valence-electron chi connectivity index (χ3n) is 7.78. The van der Waals surface area contributed by atoms with E-state index in [9.17, 15) is 14.4 Å². The second kappa shape index (κ2) is 8.40. The first-order chi connectivity index (χ1) is 16.7. The molecule has 0 aromatic heterocycles. The minimum absolute atomic E-state index is 0.0686. The van der Waals surface area contributed by atoms with Crippen LogP contribution in [0.3, 0.4) is 0 Å². The Morgan fingerprint density at radius 2 is 1.83 bits per heavy atom. The lowest BCUT2D eigenvalue weighted by Crippen LogP contribution is -2.69. The normalized spacial score (nSPS) is 26.8. The van der Waals surface area contributed by atoms with Crippen LogP contribution in [0.5, 0.6) is 0 Å². The van der Waals surface area contributed by atoms with Crippen LogP contribution in [0, 0.1) is 11.3 Å². The average molecular weight is 477 g/mol. The van der Waals surface area contributed by atoms with E-state index in [0.29, 0.717) is 39.0 Å². The van der Waals surface area contributed by atoms with Gasteiger partial charge in [-0.2, -0.15) is 0 Å². The lowest BCUT2D eigenvalue weighted by atomic mass is 9.38. The van der Waals surface area contributed by atoms with Gasteiger partial charge in [-0.15, -0.1) is 0 Å². The van der Waals surface area contributed by atoms with Gasteiger partial charge < -0.3 is 19.7 Å². The molecule has 2 aliphatic heterocycles. The van der Waals surface area contributed by atoms with Gasteiger partial charge in [0.1, 0.15) is 5.60 Å². The summed E-state index contributed by atoms with van der Waals surface area (Å²) < 4.78 is 11.2. The molecule has 0 unspecified atom stereocenters. The van der Waals surface area contributed by atoms with E-state index in [-0.39, 0.29) is 17.8 Å². The fraction of sp³-hybridized carbons (Fsp3) is 0.464. The number of nitrogens with one attached hydrogen (secondary N) is 1. The lowest BCUT2D eigenvalue weighted by molar-refractivity contribution is -0.170. The van der Waals surface area contributed by atoms with Crippen molar-refractivity contribution in [2.24, 2.45) is 11.3 Å². The smallest absolute Gasteiger partial charge is 0.410 e. The molecule has 2 aromatic rings. The number of fused-ring (bicyclic) bond motifs is 4. The van der Waals surface area contributed by atoms with Crippen molar-refractivity contribution in [2.75, 3.05) is 18.5 Å². The van der Waals surface area contributed by atoms with E-state index in [1.165, 1.54) is 0 Å². The predicted octanol–water partition coefficient (Wildman–Crippen LogP) is 4.66. The molecule has 2 aromatic carbocycles. The highest BCUT2D eigenvalue weighted by molar-refractivity contribution is 6.02. The van der Waals surface area contributed by atoms with Gasteiger partial charge in [0.2, 0.25) is 5.91 Å². The number of ether oxygens (including phenoxy) is 2. The maximum absolute atomic E-state index is 13.3. The van der Waals surface area contributed by atoms with E-state index >= 15 is 0 Å². The van der Waals surface area contributed by atoms with Gasteiger partial charge in [-0.25, -0.2) is 4.79 Å². The first-order valence-corrected chi connectivity index (χ1v) is 12.3. The predicted molar refractivity (Wildman–Crippen MR) is 131 cm³/mol. The molecule has 0 bridgehead atoms. The topological polar surface area (TPSA) is 84.9 Å². The first-order valence-electron chi connectivity index (χ1n) is 12.3. The molecule has 0 radical (unpaired) electrons. The Hall–Kier alpha value is -3.35. The number of carbonyl (C=O) groups is 3. The maximum Gasteiger partial charge on any atom is 0.410 e. The highest BCUT2D eigenvalue weighted by atomic mass is 16.6. The number of cyclic esters (lactones) is 1. The maximum atomic E-state index is 13.3. The minimum atomic E-state index is -0.752. The second-order valence-corrected chi connectivity index (χ2v) is 10.9. The van der Waals surface area contributed by atoms with Crippen LogP contribution >= 0.6 is 0 Å². The summed E-state index contributed by atoms with van der Waals surface area (Å²) in [6.07, 6.45) is 1.10. The molecule has 35 heavy (non-hydrogen) atoms. The fourth-order valence-electron chi connectivity index (χ4n) is 6.24. The highest BCUT2D eigenvalue weighted by Gasteiger charge is 2.74. The molecule has 3 aliphatic rings. The number of hydrogen-bond acceptors (Lipinski definition) is 5. The van der Waals surface area contributed by atoms with Crippen LogP contribution in [0.1, 0.15) is 51.2 Å². The number of esters is 1. The third kappa shape index (κ3) is 3.77. The molecule has 1 aliphatic carbocycles. The Labute approximate surface area is 205 Å². The van der Waals surface area contributed by atoms with Crippen molar-refractivity contribution < 1.29 is 23.9 Å². The second-order valence-electron chi connectivity index (χ2n) is 10.9. The first kappa shape index (κ1) is 23.4. The summed E-state index contributed by atoms with van der Waals surface area (Å²) in [5.41, 5.74) is 0.557. The van der Waals surface area contributed by atoms with Gasteiger partial charge in [0.15, 0.2) is 0 Å². The van der Waals surface area contributed by atoms with Gasteiger partial charge in [-0.05, 0) is 57.2 Å². The zero-order valence-electron chi connectivity index (χ0n) is 20.5. The molecule has 1 saturated heterocycles. The van der Waals surface area contributed by atoms with Gasteiger partial charge in [-0.3, -0.25) is 9.59 Å². The van der Waals surface area contributed by atoms with Crippen LogP contribution in [0.4, 0.5) is 10.5 Å². The highest BCUT2D eigenvalue weighted by Crippen LogP contribution is 2.69. The minimum Gasteiger partial charge on any atom is -0.465 e. The zero-order valence-corrected chi connectivity index (χ0v) is 20.5. The Morgan fingerprint density at radius 3 is 2.51 bits per heavy atom.